The van der Waals surface area contributed by atoms with Crippen LogP contribution in [0.4, 0.5) is 13.2 Å². The van der Waals surface area contributed by atoms with E-state index in [0.29, 0.717) is 0 Å². The van der Waals surface area contributed by atoms with Gasteiger partial charge in [0.25, 0.3) is 0 Å². The van der Waals surface area contributed by atoms with Crippen LogP contribution in [0.1, 0.15) is 19.8 Å². The molecule has 0 radical (unpaired) electrons. The Balaban J connectivity index is 2.03. The maximum absolute atomic E-state index is 12.9. The molecule has 104 valence electrons. The molecule has 0 aromatic rings. The van der Waals surface area contributed by atoms with Gasteiger partial charge in [-0.15, -0.1) is 0 Å². The first-order valence-corrected chi connectivity index (χ1v) is 6.09. The van der Waals surface area contributed by atoms with Gasteiger partial charge in [-0.25, -0.2) is 0 Å². The van der Waals surface area contributed by atoms with Crippen molar-refractivity contribution in [2.24, 2.45) is 11.3 Å². The van der Waals surface area contributed by atoms with Crippen molar-refractivity contribution in [2.45, 2.75) is 31.5 Å². The molecule has 1 aliphatic heterocycles. The summed E-state index contributed by atoms with van der Waals surface area (Å²) in [5.41, 5.74) is -2.02. The van der Waals surface area contributed by atoms with E-state index in [1.54, 1.807) is 6.92 Å². The number of aliphatic carboxylic acids is 1. The largest absolute Gasteiger partial charge is 0.486 e. The van der Waals surface area contributed by atoms with Crippen molar-refractivity contribution in [1.29, 1.82) is 0 Å². The first kappa shape index (κ1) is 12.8. The summed E-state index contributed by atoms with van der Waals surface area (Å²) in [4.78, 5) is 11.4. The van der Waals surface area contributed by atoms with Crippen LogP contribution in [0.3, 0.4) is 0 Å². The molecule has 0 bridgehead atoms. The predicted octanol–water partition coefficient (Wildman–Crippen LogP) is 3.21. The van der Waals surface area contributed by atoms with Gasteiger partial charge in [-0.1, -0.05) is 11.6 Å². The molecule has 3 atom stereocenters. The van der Waals surface area contributed by atoms with Crippen molar-refractivity contribution in [1.82, 2.24) is 0 Å². The van der Waals surface area contributed by atoms with Gasteiger partial charge in [0.2, 0.25) is 0 Å². The molecule has 3 aliphatic rings. The Bertz CT molecular complexity index is 551. The van der Waals surface area contributed by atoms with Crippen LogP contribution >= 0.6 is 11.6 Å². The van der Waals surface area contributed by atoms with E-state index >= 15 is 0 Å². The van der Waals surface area contributed by atoms with Crippen LogP contribution in [0.2, 0.25) is 0 Å². The lowest BCUT2D eigenvalue weighted by Crippen LogP contribution is -2.30. The SMILES string of the molecule is CC12CC1(C(=O)O)C1=C(C=C(Cl)C(C(F)(F)F)C1)O2. The predicted molar refractivity (Wildman–Crippen MR) is 59.3 cm³/mol. The van der Waals surface area contributed by atoms with Crippen LogP contribution in [0.5, 0.6) is 0 Å². The Labute approximate surface area is 111 Å². The van der Waals surface area contributed by atoms with Gasteiger partial charge in [-0.05, 0) is 25.0 Å². The number of halogens is 4. The number of fused-ring (bicyclic) bond motifs is 2. The van der Waals surface area contributed by atoms with Crippen LogP contribution in [-0.4, -0.2) is 22.9 Å². The second-order valence-corrected chi connectivity index (χ2v) is 5.83. The lowest BCUT2D eigenvalue weighted by Gasteiger charge is -2.26. The fraction of sp³-hybridized carbons (Fsp3) is 0.583. The van der Waals surface area contributed by atoms with E-state index in [9.17, 15) is 23.1 Å². The van der Waals surface area contributed by atoms with E-state index in [-0.39, 0.29) is 22.8 Å². The van der Waals surface area contributed by atoms with Crippen molar-refractivity contribution in [3.63, 3.8) is 0 Å². The second kappa shape index (κ2) is 3.29. The summed E-state index contributed by atoms with van der Waals surface area (Å²) < 4.78 is 44.1. The Morgan fingerprint density at radius 1 is 1.58 bits per heavy atom. The average molecular weight is 295 g/mol. The minimum Gasteiger partial charge on any atom is -0.486 e. The maximum atomic E-state index is 12.9. The third-order valence-electron chi connectivity index (χ3n) is 4.30. The fourth-order valence-corrected chi connectivity index (χ4v) is 3.45. The van der Waals surface area contributed by atoms with Crippen molar-refractivity contribution >= 4 is 17.6 Å². The van der Waals surface area contributed by atoms with Gasteiger partial charge in [-0.2, -0.15) is 13.2 Å². The molecule has 1 fully saturated rings. The van der Waals surface area contributed by atoms with Gasteiger partial charge in [-0.3, -0.25) is 4.79 Å². The highest BCUT2D eigenvalue weighted by Gasteiger charge is 2.78. The quantitative estimate of drug-likeness (QED) is 0.808. The zero-order chi connectivity index (χ0) is 14.2. The number of carboxylic acids is 1. The summed E-state index contributed by atoms with van der Waals surface area (Å²) in [5.74, 6) is -2.77. The molecular weight excluding hydrogens is 285 g/mol. The maximum Gasteiger partial charge on any atom is 0.396 e. The molecule has 3 rings (SSSR count). The minimum absolute atomic E-state index is 0.196. The third-order valence-corrected chi connectivity index (χ3v) is 4.67. The van der Waals surface area contributed by atoms with Crippen LogP contribution in [-0.2, 0) is 9.53 Å². The van der Waals surface area contributed by atoms with Crippen molar-refractivity contribution < 1.29 is 27.8 Å². The third kappa shape index (κ3) is 1.43. The van der Waals surface area contributed by atoms with Crippen molar-refractivity contribution in [2.75, 3.05) is 0 Å². The van der Waals surface area contributed by atoms with E-state index in [1.807, 2.05) is 0 Å². The van der Waals surface area contributed by atoms with E-state index in [4.69, 9.17) is 16.3 Å². The normalized spacial score (nSPS) is 40.3. The zero-order valence-corrected chi connectivity index (χ0v) is 10.6. The van der Waals surface area contributed by atoms with Gasteiger partial charge in [0.15, 0.2) is 0 Å². The van der Waals surface area contributed by atoms with E-state index in [1.165, 1.54) is 0 Å². The first-order valence-electron chi connectivity index (χ1n) is 5.72. The topological polar surface area (TPSA) is 46.5 Å². The van der Waals surface area contributed by atoms with Crippen LogP contribution in [0.25, 0.3) is 0 Å². The van der Waals surface area contributed by atoms with Crippen LogP contribution in [0.15, 0.2) is 22.4 Å². The summed E-state index contributed by atoms with van der Waals surface area (Å²) in [5, 5.41) is 8.97. The number of rotatable bonds is 1. The molecule has 0 saturated heterocycles. The standard InChI is InChI=1S/C12H10ClF3O3/c1-10-4-11(10,9(17)18)6-2-5(12(14,15)16)7(13)3-8(6)19-10/h3,5H,2,4H2,1H3,(H,17,18). The minimum atomic E-state index is -4.49. The van der Waals surface area contributed by atoms with Gasteiger partial charge in [0, 0.05) is 11.5 Å². The smallest absolute Gasteiger partial charge is 0.396 e. The molecule has 1 heterocycles. The molecule has 19 heavy (non-hydrogen) atoms. The number of carboxylic acid groups (broad SMARTS) is 1. The lowest BCUT2D eigenvalue weighted by molar-refractivity contribution is -0.163. The van der Waals surface area contributed by atoms with E-state index in [0.717, 1.165) is 6.08 Å². The lowest BCUT2D eigenvalue weighted by atomic mass is 9.82. The summed E-state index contributed by atoms with van der Waals surface area (Å²) in [6, 6.07) is 0. The van der Waals surface area contributed by atoms with E-state index in [2.05, 4.69) is 0 Å². The van der Waals surface area contributed by atoms with E-state index < -0.39 is 35.5 Å². The van der Waals surface area contributed by atoms with Crippen LogP contribution in [0, 0.1) is 11.3 Å². The molecule has 1 N–H and O–H groups in total. The zero-order valence-electron chi connectivity index (χ0n) is 9.84. The molecule has 0 spiro atoms. The van der Waals surface area contributed by atoms with Crippen LogP contribution < -0.4 is 0 Å². The number of carbonyl (C=O) groups is 1. The summed E-state index contributed by atoms with van der Waals surface area (Å²) in [7, 11) is 0. The first-order chi connectivity index (χ1) is 8.62. The molecule has 2 aliphatic carbocycles. The molecule has 0 aromatic carbocycles. The molecule has 3 nitrogen and oxygen atoms in total. The molecule has 7 heteroatoms. The number of hydrogen-bond acceptors (Lipinski definition) is 2. The highest BCUT2D eigenvalue weighted by molar-refractivity contribution is 6.30. The Morgan fingerprint density at radius 3 is 2.74 bits per heavy atom. The Kier molecular flexibility index (Phi) is 2.22. The second-order valence-electron chi connectivity index (χ2n) is 5.39. The number of ether oxygens (including phenoxy) is 1. The van der Waals surface area contributed by atoms with Gasteiger partial charge >= 0.3 is 12.1 Å². The molecular formula is C12H10ClF3O3. The number of alkyl halides is 3. The van der Waals surface area contributed by atoms with Crippen molar-refractivity contribution in [3.8, 4) is 0 Å². The summed E-state index contributed by atoms with van der Waals surface area (Å²) in [6.45, 7) is 1.60. The highest BCUT2D eigenvalue weighted by atomic mass is 35.5. The Morgan fingerprint density at radius 2 is 2.21 bits per heavy atom. The molecule has 3 unspecified atom stereocenters. The highest BCUT2D eigenvalue weighted by Crippen LogP contribution is 2.71. The summed E-state index contributed by atoms with van der Waals surface area (Å²) >= 11 is 5.65. The number of allylic oxidation sites excluding steroid dienone is 2. The molecule has 0 aromatic heterocycles. The van der Waals surface area contributed by atoms with Crippen molar-refractivity contribution in [3.05, 3.63) is 22.4 Å². The number of hydrogen-bond donors (Lipinski definition) is 1. The summed E-state index contributed by atoms with van der Waals surface area (Å²) in [6.07, 6.45) is -3.60. The monoisotopic (exact) mass is 294 g/mol. The molecule has 1 saturated carbocycles. The Hall–Kier alpha value is -1.17. The molecule has 0 amide bonds. The van der Waals surface area contributed by atoms with Gasteiger partial charge < -0.3 is 9.84 Å². The average Bonchev–Trinajstić information content (AvgIpc) is 2.76. The fourth-order valence-electron chi connectivity index (χ4n) is 3.15. The van der Waals surface area contributed by atoms with Gasteiger partial charge in [0.1, 0.15) is 16.8 Å². The van der Waals surface area contributed by atoms with Gasteiger partial charge in [0.05, 0.1) is 5.92 Å².